The van der Waals surface area contributed by atoms with Crippen molar-refractivity contribution in [1.82, 2.24) is 25.3 Å². The van der Waals surface area contributed by atoms with Gasteiger partial charge in [0.2, 0.25) is 5.91 Å². The number of nitrogens with one attached hydrogen (secondary N) is 2. The summed E-state index contributed by atoms with van der Waals surface area (Å²) in [5.41, 5.74) is 6.53. The van der Waals surface area contributed by atoms with Crippen molar-refractivity contribution in [3.8, 4) is 0 Å². The van der Waals surface area contributed by atoms with E-state index in [0.717, 1.165) is 87.3 Å². The van der Waals surface area contributed by atoms with E-state index in [4.69, 9.17) is 4.74 Å². The summed E-state index contributed by atoms with van der Waals surface area (Å²) in [6, 6.07) is 14.8. The van der Waals surface area contributed by atoms with Gasteiger partial charge >= 0.3 is 0 Å². The van der Waals surface area contributed by atoms with Gasteiger partial charge in [0.25, 0.3) is 0 Å². The largest absolute Gasteiger partial charge is 0.374 e. The molecule has 0 bridgehead atoms. The van der Waals surface area contributed by atoms with Crippen LogP contribution in [0.25, 0.3) is 0 Å². The summed E-state index contributed by atoms with van der Waals surface area (Å²) >= 11 is 0. The Kier molecular flexibility index (Phi) is 9.25. The molecule has 258 valence electrons. The van der Waals surface area contributed by atoms with E-state index in [2.05, 4.69) is 65.4 Å². The Morgan fingerprint density at radius 3 is 2.00 bits per heavy atom. The van der Waals surface area contributed by atoms with Crippen LogP contribution in [0.15, 0.2) is 67.3 Å². The number of carbonyl (C=O) groups excluding carboxylic acids is 1. The average molecular weight is 667 g/mol. The molecular weight excluding hydrogens is 619 g/mol. The predicted octanol–water partition coefficient (Wildman–Crippen LogP) is 6.00. The van der Waals surface area contributed by atoms with E-state index >= 15 is 4.39 Å². The van der Waals surface area contributed by atoms with Gasteiger partial charge < -0.3 is 24.3 Å². The van der Waals surface area contributed by atoms with Crippen LogP contribution in [0.2, 0.25) is 0 Å². The Labute approximate surface area is 287 Å². The molecule has 2 atom stereocenters. The molecule has 10 nitrogen and oxygen atoms in total. The molecule has 4 saturated heterocycles. The molecule has 4 aliphatic heterocycles. The summed E-state index contributed by atoms with van der Waals surface area (Å²) < 4.78 is 22.1. The van der Waals surface area contributed by atoms with E-state index in [0.29, 0.717) is 50.1 Å². The maximum Gasteiger partial charge on any atom is 0.223 e. The molecule has 4 aromatic rings. The minimum Gasteiger partial charge on any atom is -0.374 e. The lowest BCUT2D eigenvalue weighted by atomic mass is 9.87. The summed E-state index contributed by atoms with van der Waals surface area (Å²) in [5, 5.41) is 14.0. The van der Waals surface area contributed by atoms with Crippen molar-refractivity contribution in [2.75, 3.05) is 67.1 Å². The molecule has 1 amide bonds. The van der Waals surface area contributed by atoms with Gasteiger partial charge in [-0.1, -0.05) is 30.3 Å². The zero-order valence-corrected chi connectivity index (χ0v) is 28.1. The predicted molar refractivity (Wildman–Crippen MR) is 189 cm³/mol. The molecule has 0 spiro atoms. The lowest BCUT2D eigenvalue weighted by Gasteiger charge is -2.38. The topological polar surface area (TPSA) is 96.6 Å². The highest BCUT2D eigenvalue weighted by atomic mass is 19.1. The van der Waals surface area contributed by atoms with E-state index in [1.165, 1.54) is 5.56 Å². The number of piperidine rings is 2. The van der Waals surface area contributed by atoms with Crippen LogP contribution in [0.3, 0.4) is 0 Å². The molecular formula is C38H47FN8O2. The average Bonchev–Trinajstić information content (AvgIpc) is 3.96. The Bertz CT molecular complexity index is 1660. The first-order valence-corrected chi connectivity index (χ1v) is 18.1. The normalized spacial score (nSPS) is 21.9. The number of hydrogen-bond acceptors (Lipinski definition) is 7. The van der Waals surface area contributed by atoms with E-state index < -0.39 is 0 Å². The fourth-order valence-corrected chi connectivity index (χ4v) is 8.57. The molecule has 0 saturated carbocycles. The number of likely N-dealkylation sites (tertiary alicyclic amines) is 1. The first-order valence-electron chi connectivity index (χ1n) is 18.1. The van der Waals surface area contributed by atoms with Crippen LogP contribution in [-0.2, 0) is 9.53 Å². The SMILES string of the molecule is O=C1CCCN1[C@H](CC1CN(c2ccc(C3CCN(c4cn[nH]c4)CC3)cc2F)CCO1)c1ccc(C2CCN(c3cn[nH]c3)CC2)cc1. The number of ether oxygens (including phenoxy) is 1. The number of hydrogen-bond donors (Lipinski definition) is 2. The number of aromatic nitrogens is 4. The summed E-state index contributed by atoms with van der Waals surface area (Å²) in [6.45, 7) is 6.47. The molecule has 2 N–H and O–H groups in total. The van der Waals surface area contributed by atoms with Crippen LogP contribution >= 0.6 is 0 Å². The smallest absolute Gasteiger partial charge is 0.223 e. The lowest BCUT2D eigenvalue weighted by Crippen LogP contribution is -2.45. The highest BCUT2D eigenvalue weighted by Crippen LogP contribution is 2.37. The fourth-order valence-electron chi connectivity index (χ4n) is 8.57. The number of aromatic amines is 2. The number of benzene rings is 2. The first kappa shape index (κ1) is 31.9. The number of halogens is 1. The second-order valence-electron chi connectivity index (χ2n) is 14.2. The number of carbonyl (C=O) groups is 1. The third-order valence-electron chi connectivity index (χ3n) is 11.4. The van der Waals surface area contributed by atoms with Crippen molar-refractivity contribution >= 4 is 23.0 Å². The molecule has 11 heteroatoms. The fraction of sp³-hybridized carbons (Fsp3) is 0.500. The van der Waals surface area contributed by atoms with Crippen LogP contribution in [0.1, 0.15) is 79.5 Å². The van der Waals surface area contributed by atoms with E-state index in [1.807, 2.05) is 35.8 Å². The molecule has 8 rings (SSSR count). The van der Waals surface area contributed by atoms with Crippen molar-refractivity contribution in [3.63, 3.8) is 0 Å². The number of amides is 1. The molecule has 0 aliphatic carbocycles. The maximum atomic E-state index is 15.8. The Balaban J connectivity index is 0.915. The van der Waals surface area contributed by atoms with E-state index in [-0.39, 0.29) is 23.9 Å². The summed E-state index contributed by atoms with van der Waals surface area (Å²) in [6.07, 6.45) is 13.9. The minimum atomic E-state index is -0.159. The number of nitrogens with zero attached hydrogens (tertiary/aromatic N) is 6. The third-order valence-corrected chi connectivity index (χ3v) is 11.4. The highest BCUT2D eigenvalue weighted by molar-refractivity contribution is 5.78. The van der Waals surface area contributed by atoms with Crippen LogP contribution in [0, 0.1) is 5.82 Å². The summed E-state index contributed by atoms with van der Waals surface area (Å²) in [7, 11) is 0. The molecule has 4 fully saturated rings. The number of anilines is 3. The lowest BCUT2D eigenvalue weighted by molar-refractivity contribution is -0.130. The Morgan fingerprint density at radius 1 is 0.796 bits per heavy atom. The van der Waals surface area contributed by atoms with Gasteiger partial charge in [0.1, 0.15) is 5.82 Å². The minimum absolute atomic E-state index is 0.0583. The molecule has 1 unspecified atom stereocenters. The quantitative estimate of drug-likeness (QED) is 0.226. The molecule has 6 heterocycles. The van der Waals surface area contributed by atoms with Crippen LogP contribution in [0.5, 0.6) is 0 Å². The van der Waals surface area contributed by atoms with Gasteiger partial charge in [-0.25, -0.2) is 4.39 Å². The molecule has 2 aromatic carbocycles. The second-order valence-corrected chi connectivity index (χ2v) is 14.2. The molecule has 2 aromatic heterocycles. The van der Waals surface area contributed by atoms with E-state index in [9.17, 15) is 4.79 Å². The van der Waals surface area contributed by atoms with Crippen LogP contribution in [0.4, 0.5) is 21.5 Å². The number of H-pyrrole nitrogens is 2. The zero-order valence-electron chi connectivity index (χ0n) is 28.1. The van der Waals surface area contributed by atoms with Gasteiger partial charge in [-0.2, -0.15) is 10.2 Å². The standard InChI is InChI=1S/C38H47FN8O2/c39-35-20-31(29-11-16-45(17-12-29)33-24-42-43-25-33)7-8-36(35)46-18-19-49-34(26-46)21-37(47-13-1-2-38(47)48)30-5-3-27(4-6-30)28-9-14-44(15-10-28)32-22-40-41-23-32/h3-8,20,22-25,28-29,34,37H,1-2,9-19,21,26H2,(H,40,41)(H,42,43)/t34?,37-/m1/s1. The Morgan fingerprint density at radius 2 is 1.43 bits per heavy atom. The van der Waals surface area contributed by atoms with Crippen molar-refractivity contribution < 1.29 is 13.9 Å². The van der Waals surface area contributed by atoms with Gasteiger partial charge in [0, 0.05) is 64.6 Å². The van der Waals surface area contributed by atoms with E-state index in [1.54, 1.807) is 6.07 Å². The van der Waals surface area contributed by atoms with Crippen LogP contribution < -0.4 is 14.7 Å². The highest BCUT2D eigenvalue weighted by Gasteiger charge is 2.34. The van der Waals surface area contributed by atoms with Crippen molar-refractivity contribution in [3.05, 3.63) is 89.8 Å². The monoisotopic (exact) mass is 666 g/mol. The van der Waals surface area contributed by atoms with Gasteiger partial charge in [-0.05, 0) is 79.2 Å². The Hall–Kier alpha value is -4.38. The number of morpholine rings is 1. The summed E-state index contributed by atoms with van der Waals surface area (Å²) in [5.74, 6) is 0.929. The van der Waals surface area contributed by atoms with Gasteiger partial charge in [0.05, 0.1) is 48.2 Å². The summed E-state index contributed by atoms with van der Waals surface area (Å²) in [4.78, 5) is 22.0. The molecule has 4 aliphatic rings. The van der Waals surface area contributed by atoms with Gasteiger partial charge in [0.15, 0.2) is 0 Å². The van der Waals surface area contributed by atoms with Crippen molar-refractivity contribution in [2.45, 2.75) is 68.9 Å². The third kappa shape index (κ3) is 6.90. The first-order chi connectivity index (χ1) is 24.1. The maximum absolute atomic E-state index is 15.8. The second kappa shape index (κ2) is 14.2. The zero-order chi connectivity index (χ0) is 33.2. The van der Waals surface area contributed by atoms with Gasteiger partial charge in [-0.15, -0.1) is 0 Å². The van der Waals surface area contributed by atoms with Crippen LogP contribution in [-0.4, -0.2) is 89.7 Å². The molecule has 0 radical (unpaired) electrons. The number of rotatable bonds is 9. The van der Waals surface area contributed by atoms with Gasteiger partial charge in [-0.3, -0.25) is 15.0 Å². The molecule has 49 heavy (non-hydrogen) atoms. The van der Waals surface area contributed by atoms with Crippen molar-refractivity contribution in [1.29, 1.82) is 0 Å². The van der Waals surface area contributed by atoms with Crippen molar-refractivity contribution in [2.24, 2.45) is 0 Å².